The van der Waals surface area contributed by atoms with Crippen LogP contribution in [0, 0.1) is 0 Å². The Labute approximate surface area is 101 Å². The molecular weight excluding hydrogens is 216 g/mol. The lowest BCUT2D eigenvalue weighted by atomic mass is 10.2. The molecule has 1 amide bonds. The molecule has 1 atom stereocenters. The van der Waals surface area contributed by atoms with Gasteiger partial charge < -0.3 is 15.4 Å². The van der Waals surface area contributed by atoms with Crippen LogP contribution in [0.3, 0.4) is 0 Å². The van der Waals surface area contributed by atoms with Gasteiger partial charge in [-0.15, -0.1) is 0 Å². The van der Waals surface area contributed by atoms with Crippen LogP contribution in [0.2, 0.25) is 0 Å². The molecule has 0 saturated carbocycles. The van der Waals surface area contributed by atoms with Crippen molar-refractivity contribution in [3.05, 3.63) is 24.3 Å². The van der Waals surface area contributed by atoms with Crippen LogP contribution in [-0.2, 0) is 9.53 Å². The third-order valence-electron chi connectivity index (χ3n) is 2.99. The van der Waals surface area contributed by atoms with Crippen molar-refractivity contribution in [3.8, 4) is 0 Å². The third kappa shape index (κ3) is 2.58. The Morgan fingerprint density at radius 1 is 1.47 bits per heavy atom. The monoisotopic (exact) mass is 234 g/mol. The summed E-state index contributed by atoms with van der Waals surface area (Å²) in [6, 6.07) is 7.35. The second kappa shape index (κ2) is 5.19. The zero-order valence-corrected chi connectivity index (χ0v) is 10.1. The number of likely N-dealkylation sites (N-methyl/N-ethyl adjacent to an activating group) is 1. The predicted octanol–water partition coefficient (Wildman–Crippen LogP) is 1.80. The Balaban J connectivity index is 2.14. The molecule has 1 heterocycles. The van der Waals surface area contributed by atoms with Gasteiger partial charge in [0.25, 0.3) is 5.91 Å². The van der Waals surface area contributed by atoms with Crippen LogP contribution < -0.4 is 10.6 Å². The van der Waals surface area contributed by atoms with E-state index >= 15 is 0 Å². The molecule has 0 spiro atoms. The fraction of sp³-hybridized carbons (Fsp3) is 0.462. The molecule has 1 aliphatic heterocycles. The molecule has 1 aromatic carbocycles. The van der Waals surface area contributed by atoms with Crippen LogP contribution in [0.4, 0.5) is 11.4 Å². The number of hydrogen-bond donors (Lipinski definition) is 1. The van der Waals surface area contributed by atoms with Crippen LogP contribution in [-0.4, -0.2) is 25.2 Å². The second-order valence-electron chi connectivity index (χ2n) is 4.18. The molecule has 2 rings (SSSR count). The minimum Gasteiger partial charge on any atom is -0.399 e. The first-order valence-corrected chi connectivity index (χ1v) is 6.01. The summed E-state index contributed by atoms with van der Waals surface area (Å²) in [5.41, 5.74) is 7.22. The summed E-state index contributed by atoms with van der Waals surface area (Å²) in [6.45, 7) is 3.29. The van der Waals surface area contributed by atoms with Crippen molar-refractivity contribution in [2.45, 2.75) is 25.9 Å². The van der Waals surface area contributed by atoms with Crippen molar-refractivity contribution in [1.82, 2.24) is 0 Å². The summed E-state index contributed by atoms with van der Waals surface area (Å²) >= 11 is 0. The first-order chi connectivity index (χ1) is 8.22. The van der Waals surface area contributed by atoms with E-state index in [-0.39, 0.29) is 12.0 Å². The molecule has 1 saturated heterocycles. The largest absolute Gasteiger partial charge is 0.399 e. The van der Waals surface area contributed by atoms with E-state index in [1.807, 2.05) is 19.1 Å². The number of ether oxygens (including phenoxy) is 1. The minimum absolute atomic E-state index is 0.0507. The van der Waals surface area contributed by atoms with E-state index in [9.17, 15) is 4.79 Å². The Hall–Kier alpha value is -1.55. The van der Waals surface area contributed by atoms with Gasteiger partial charge in [-0.25, -0.2) is 0 Å². The first kappa shape index (κ1) is 11.9. The Morgan fingerprint density at radius 2 is 2.18 bits per heavy atom. The number of hydrogen-bond acceptors (Lipinski definition) is 3. The average molecular weight is 234 g/mol. The Bertz CT molecular complexity index is 383. The lowest BCUT2D eigenvalue weighted by Gasteiger charge is -2.24. The van der Waals surface area contributed by atoms with Gasteiger partial charge in [-0.3, -0.25) is 4.79 Å². The summed E-state index contributed by atoms with van der Waals surface area (Å²) in [4.78, 5) is 14.0. The molecule has 17 heavy (non-hydrogen) atoms. The van der Waals surface area contributed by atoms with Crippen molar-refractivity contribution in [2.24, 2.45) is 0 Å². The number of anilines is 2. The van der Waals surface area contributed by atoms with Crippen molar-refractivity contribution in [2.75, 3.05) is 23.8 Å². The highest BCUT2D eigenvalue weighted by Gasteiger charge is 2.28. The van der Waals surface area contributed by atoms with Crippen molar-refractivity contribution >= 4 is 17.3 Å². The average Bonchev–Trinajstić information content (AvgIpc) is 2.86. The van der Waals surface area contributed by atoms with E-state index in [0.29, 0.717) is 18.8 Å². The van der Waals surface area contributed by atoms with E-state index in [2.05, 4.69) is 0 Å². The molecule has 0 radical (unpaired) electrons. The molecule has 1 fully saturated rings. The zero-order valence-electron chi connectivity index (χ0n) is 10.1. The maximum atomic E-state index is 12.2. The highest BCUT2D eigenvalue weighted by atomic mass is 16.5. The van der Waals surface area contributed by atoms with Gasteiger partial charge in [0.1, 0.15) is 6.10 Å². The maximum absolute atomic E-state index is 12.2. The van der Waals surface area contributed by atoms with Gasteiger partial charge in [0.15, 0.2) is 0 Å². The molecule has 2 N–H and O–H groups in total. The summed E-state index contributed by atoms with van der Waals surface area (Å²) in [7, 11) is 0. The fourth-order valence-corrected chi connectivity index (χ4v) is 2.07. The molecule has 4 nitrogen and oxygen atoms in total. The topological polar surface area (TPSA) is 55.6 Å². The summed E-state index contributed by atoms with van der Waals surface area (Å²) < 4.78 is 5.43. The van der Waals surface area contributed by atoms with Crippen molar-refractivity contribution in [1.29, 1.82) is 0 Å². The number of nitrogens with two attached hydrogens (primary N) is 1. The predicted molar refractivity (Wildman–Crippen MR) is 67.9 cm³/mol. The van der Waals surface area contributed by atoms with Gasteiger partial charge in [0.05, 0.1) is 0 Å². The van der Waals surface area contributed by atoms with E-state index in [1.54, 1.807) is 17.0 Å². The number of rotatable bonds is 3. The van der Waals surface area contributed by atoms with Crippen LogP contribution in [0.1, 0.15) is 19.8 Å². The highest BCUT2D eigenvalue weighted by molar-refractivity contribution is 5.96. The van der Waals surface area contributed by atoms with Crippen molar-refractivity contribution < 1.29 is 9.53 Å². The Kier molecular flexibility index (Phi) is 3.64. The summed E-state index contributed by atoms with van der Waals surface area (Å²) in [5, 5.41) is 0. The second-order valence-corrected chi connectivity index (χ2v) is 4.18. The molecule has 1 unspecified atom stereocenters. The van der Waals surface area contributed by atoms with Crippen LogP contribution in [0.15, 0.2) is 24.3 Å². The third-order valence-corrected chi connectivity index (χ3v) is 2.99. The first-order valence-electron chi connectivity index (χ1n) is 6.01. The molecule has 0 bridgehead atoms. The summed E-state index contributed by atoms with van der Waals surface area (Å²) in [5.74, 6) is 0.0507. The molecule has 0 aliphatic carbocycles. The van der Waals surface area contributed by atoms with Crippen molar-refractivity contribution in [3.63, 3.8) is 0 Å². The van der Waals surface area contributed by atoms with E-state index < -0.39 is 0 Å². The van der Waals surface area contributed by atoms with Gasteiger partial charge in [0.2, 0.25) is 0 Å². The van der Waals surface area contributed by atoms with Gasteiger partial charge in [0, 0.05) is 24.5 Å². The van der Waals surface area contributed by atoms with Crippen LogP contribution in [0.25, 0.3) is 0 Å². The Morgan fingerprint density at radius 3 is 2.71 bits per heavy atom. The zero-order chi connectivity index (χ0) is 12.3. The number of carbonyl (C=O) groups excluding carboxylic acids is 1. The van der Waals surface area contributed by atoms with Gasteiger partial charge in [-0.05, 0) is 44.0 Å². The smallest absolute Gasteiger partial charge is 0.256 e. The maximum Gasteiger partial charge on any atom is 0.256 e. The molecule has 1 aromatic rings. The molecular formula is C13H18N2O2. The number of nitrogens with zero attached hydrogens (tertiary/aromatic N) is 1. The number of carbonyl (C=O) groups is 1. The SMILES string of the molecule is CCN(C(=O)C1CCCO1)c1ccc(N)cc1. The van der Waals surface area contributed by atoms with E-state index in [4.69, 9.17) is 10.5 Å². The summed E-state index contributed by atoms with van der Waals surface area (Å²) in [6.07, 6.45) is 1.52. The van der Waals surface area contributed by atoms with E-state index in [0.717, 1.165) is 18.5 Å². The fourth-order valence-electron chi connectivity index (χ4n) is 2.07. The van der Waals surface area contributed by atoms with Gasteiger partial charge in [-0.1, -0.05) is 0 Å². The van der Waals surface area contributed by atoms with Gasteiger partial charge in [-0.2, -0.15) is 0 Å². The lowest BCUT2D eigenvalue weighted by molar-refractivity contribution is -0.127. The van der Waals surface area contributed by atoms with Crippen LogP contribution in [0.5, 0.6) is 0 Å². The van der Waals surface area contributed by atoms with Crippen LogP contribution >= 0.6 is 0 Å². The van der Waals surface area contributed by atoms with E-state index in [1.165, 1.54) is 0 Å². The number of benzene rings is 1. The minimum atomic E-state index is -0.271. The molecule has 92 valence electrons. The van der Waals surface area contributed by atoms with Gasteiger partial charge >= 0.3 is 0 Å². The molecule has 0 aromatic heterocycles. The molecule has 4 heteroatoms. The quantitative estimate of drug-likeness (QED) is 0.811. The highest BCUT2D eigenvalue weighted by Crippen LogP contribution is 2.21. The lowest BCUT2D eigenvalue weighted by Crippen LogP contribution is -2.38. The number of amides is 1. The standard InChI is InChI=1S/C13H18N2O2/c1-2-15(11-7-5-10(14)6-8-11)13(16)12-4-3-9-17-12/h5-8,12H,2-4,9,14H2,1H3. The number of nitrogen functional groups attached to an aromatic ring is 1. The normalized spacial score (nSPS) is 19.2. The molecule has 1 aliphatic rings.